The SMILES string of the molecule is CC(C)CCCOc1ccc(-c2ccc(CN)cc2)cc1. The largest absolute Gasteiger partial charge is 0.494 e. The molecule has 0 amide bonds. The van der Waals surface area contributed by atoms with Gasteiger partial charge in [-0.1, -0.05) is 50.2 Å². The van der Waals surface area contributed by atoms with Crippen LogP contribution in [0.1, 0.15) is 32.3 Å². The second kappa shape index (κ2) is 7.84. The quantitative estimate of drug-likeness (QED) is 0.752. The van der Waals surface area contributed by atoms with Gasteiger partial charge in [0.05, 0.1) is 6.61 Å². The van der Waals surface area contributed by atoms with E-state index in [2.05, 4.69) is 50.2 Å². The normalized spacial score (nSPS) is 10.9. The van der Waals surface area contributed by atoms with E-state index in [4.69, 9.17) is 10.5 Å². The van der Waals surface area contributed by atoms with Gasteiger partial charge in [-0.25, -0.2) is 0 Å². The van der Waals surface area contributed by atoms with E-state index >= 15 is 0 Å². The number of hydrogen-bond donors (Lipinski definition) is 1. The molecule has 0 aliphatic heterocycles. The van der Waals surface area contributed by atoms with E-state index < -0.39 is 0 Å². The van der Waals surface area contributed by atoms with Crippen molar-refractivity contribution in [3.8, 4) is 16.9 Å². The van der Waals surface area contributed by atoms with Gasteiger partial charge in [0.15, 0.2) is 0 Å². The lowest BCUT2D eigenvalue weighted by molar-refractivity contribution is 0.298. The lowest BCUT2D eigenvalue weighted by Gasteiger charge is -2.09. The molecule has 0 aliphatic carbocycles. The molecular formula is C19H25NO. The zero-order chi connectivity index (χ0) is 15.1. The van der Waals surface area contributed by atoms with Crippen LogP contribution in [0.2, 0.25) is 0 Å². The molecule has 0 saturated heterocycles. The van der Waals surface area contributed by atoms with Crippen molar-refractivity contribution in [1.82, 2.24) is 0 Å². The Balaban J connectivity index is 1.91. The second-order valence-corrected chi connectivity index (χ2v) is 5.81. The highest BCUT2D eigenvalue weighted by Crippen LogP contribution is 2.23. The first-order valence-electron chi connectivity index (χ1n) is 7.71. The first kappa shape index (κ1) is 15.6. The van der Waals surface area contributed by atoms with E-state index in [1.807, 2.05) is 12.1 Å². The highest BCUT2D eigenvalue weighted by atomic mass is 16.5. The van der Waals surface area contributed by atoms with Gasteiger partial charge in [-0.3, -0.25) is 0 Å². The summed E-state index contributed by atoms with van der Waals surface area (Å²) in [6.07, 6.45) is 2.32. The monoisotopic (exact) mass is 283 g/mol. The predicted molar refractivity (Wildman–Crippen MR) is 89.3 cm³/mol. The van der Waals surface area contributed by atoms with Crippen molar-refractivity contribution in [1.29, 1.82) is 0 Å². The summed E-state index contributed by atoms with van der Waals surface area (Å²) in [6, 6.07) is 16.7. The molecule has 2 N–H and O–H groups in total. The predicted octanol–water partition coefficient (Wildman–Crippen LogP) is 4.63. The van der Waals surface area contributed by atoms with Crippen LogP contribution in [0.4, 0.5) is 0 Å². The summed E-state index contributed by atoms with van der Waals surface area (Å²) < 4.78 is 5.77. The van der Waals surface area contributed by atoms with Gasteiger partial charge in [-0.05, 0) is 47.6 Å². The molecular weight excluding hydrogens is 258 g/mol. The van der Waals surface area contributed by atoms with Gasteiger partial charge in [0.1, 0.15) is 5.75 Å². The molecule has 2 aromatic rings. The molecule has 2 nitrogen and oxygen atoms in total. The Labute approximate surface area is 127 Å². The molecule has 0 aromatic heterocycles. The van der Waals surface area contributed by atoms with Crippen LogP contribution in [-0.4, -0.2) is 6.61 Å². The molecule has 0 unspecified atom stereocenters. The molecule has 0 spiro atoms. The maximum atomic E-state index is 5.77. The molecule has 0 heterocycles. The number of hydrogen-bond acceptors (Lipinski definition) is 2. The van der Waals surface area contributed by atoms with Gasteiger partial charge in [-0.15, -0.1) is 0 Å². The molecule has 0 atom stereocenters. The lowest BCUT2D eigenvalue weighted by Crippen LogP contribution is -1.99. The fraction of sp³-hybridized carbons (Fsp3) is 0.368. The van der Waals surface area contributed by atoms with Crippen LogP contribution in [0.15, 0.2) is 48.5 Å². The third kappa shape index (κ3) is 4.91. The molecule has 0 radical (unpaired) electrons. The summed E-state index contributed by atoms with van der Waals surface area (Å²) in [5.41, 5.74) is 9.18. The summed E-state index contributed by atoms with van der Waals surface area (Å²) in [5.74, 6) is 1.69. The Morgan fingerprint density at radius 1 is 0.905 bits per heavy atom. The van der Waals surface area contributed by atoms with Gasteiger partial charge in [0.2, 0.25) is 0 Å². The minimum Gasteiger partial charge on any atom is -0.494 e. The van der Waals surface area contributed by atoms with Crippen molar-refractivity contribution in [2.75, 3.05) is 6.61 Å². The van der Waals surface area contributed by atoms with Gasteiger partial charge in [0.25, 0.3) is 0 Å². The first-order chi connectivity index (χ1) is 10.2. The van der Waals surface area contributed by atoms with Crippen molar-refractivity contribution in [3.05, 3.63) is 54.1 Å². The summed E-state index contributed by atoms with van der Waals surface area (Å²) in [6.45, 7) is 5.86. The smallest absolute Gasteiger partial charge is 0.119 e. The van der Waals surface area contributed by atoms with Crippen molar-refractivity contribution in [2.24, 2.45) is 11.7 Å². The third-order valence-corrected chi connectivity index (χ3v) is 3.57. The molecule has 21 heavy (non-hydrogen) atoms. The van der Waals surface area contributed by atoms with Crippen LogP contribution >= 0.6 is 0 Å². The average Bonchev–Trinajstić information content (AvgIpc) is 2.52. The van der Waals surface area contributed by atoms with Crippen molar-refractivity contribution >= 4 is 0 Å². The van der Waals surface area contributed by atoms with E-state index in [0.29, 0.717) is 6.54 Å². The highest BCUT2D eigenvalue weighted by Gasteiger charge is 2.00. The number of ether oxygens (including phenoxy) is 1. The van der Waals surface area contributed by atoms with Gasteiger partial charge in [0, 0.05) is 6.54 Å². The van der Waals surface area contributed by atoms with E-state index in [1.54, 1.807) is 0 Å². The summed E-state index contributed by atoms with van der Waals surface area (Å²) in [7, 11) is 0. The Morgan fingerprint density at radius 2 is 1.48 bits per heavy atom. The highest BCUT2D eigenvalue weighted by molar-refractivity contribution is 5.64. The van der Waals surface area contributed by atoms with Gasteiger partial charge >= 0.3 is 0 Å². The zero-order valence-corrected chi connectivity index (χ0v) is 13.0. The van der Waals surface area contributed by atoms with E-state index in [9.17, 15) is 0 Å². The number of rotatable bonds is 7. The minimum absolute atomic E-state index is 0.587. The fourth-order valence-corrected chi connectivity index (χ4v) is 2.26. The number of nitrogens with two attached hydrogens (primary N) is 1. The van der Waals surface area contributed by atoms with Gasteiger partial charge < -0.3 is 10.5 Å². The summed E-state index contributed by atoms with van der Waals surface area (Å²) in [4.78, 5) is 0. The van der Waals surface area contributed by atoms with Crippen molar-refractivity contribution < 1.29 is 4.74 Å². The van der Waals surface area contributed by atoms with E-state index in [1.165, 1.54) is 17.5 Å². The van der Waals surface area contributed by atoms with Crippen LogP contribution < -0.4 is 10.5 Å². The summed E-state index contributed by atoms with van der Waals surface area (Å²) >= 11 is 0. The molecule has 2 heteroatoms. The van der Waals surface area contributed by atoms with Crippen molar-refractivity contribution in [2.45, 2.75) is 33.2 Å². The molecule has 0 aliphatic rings. The average molecular weight is 283 g/mol. The Kier molecular flexibility index (Phi) is 5.82. The molecule has 2 rings (SSSR count). The van der Waals surface area contributed by atoms with Crippen LogP contribution in [0.5, 0.6) is 5.75 Å². The Hall–Kier alpha value is -1.80. The van der Waals surface area contributed by atoms with Crippen LogP contribution in [-0.2, 0) is 6.54 Å². The maximum Gasteiger partial charge on any atom is 0.119 e. The van der Waals surface area contributed by atoms with Crippen LogP contribution in [0.3, 0.4) is 0 Å². The maximum absolute atomic E-state index is 5.77. The molecule has 0 bridgehead atoms. The molecule has 0 fully saturated rings. The second-order valence-electron chi connectivity index (χ2n) is 5.81. The van der Waals surface area contributed by atoms with E-state index in [0.717, 1.165) is 30.3 Å². The molecule has 0 saturated carbocycles. The van der Waals surface area contributed by atoms with Crippen LogP contribution in [0.25, 0.3) is 11.1 Å². The van der Waals surface area contributed by atoms with Crippen molar-refractivity contribution in [3.63, 3.8) is 0 Å². The zero-order valence-electron chi connectivity index (χ0n) is 13.0. The lowest BCUT2D eigenvalue weighted by atomic mass is 10.0. The Bertz CT molecular complexity index is 528. The van der Waals surface area contributed by atoms with Gasteiger partial charge in [-0.2, -0.15) is 0 Å². The topological polar surface area (TPSA) is 35.2 Å². The fourth-order valence-electron chi connectivity index (χ4n) is 2.26. The van der Waals surface area contributed by atoms with Crippen LogP contribution in [0, 0.1) is 5.92 Å². The summed E-state index contributed by atoms with van der Waals surface area (Å²) in [5, 5.41) is 0. The molecule has 2 aromatic carbocycles. The Morgan fingerprint density at radius 3 is 2.00 bits per heavy atom. The standard InChI is InChI=1S/C19H25NO/c1-15(2)4-3-13-21-19-11-9-18(10-12-19)17-7-5-16(14-20)6-8-17/h5-12,15H,3-4,13-14,20H2,1-2H3. The molecule has 112 valence electrons. The minimum atomic E-state index is 0.587. The third-order valence-electron chi connectivity index (χ3n) is 3.57. The number of benzene rings is 2. The van der Waals surface area contributed by atoms with E-state index in [-0.39, 0.29) is 0 Å². The first-order valence-corrected chi connectivity index (χ1v) is 7.71.